The molecule has 1 fully saturated rings. The Morgan fingerprint density at radius 2 is 1.90 bits per heavy atom. The number of anilines is 1. The smallest absolute Gasteiger partial charge is 0.291 e. The minimum absolute atomic E-state index is 0.166. The molecule has 2 aromatic carbocycles. The van der Waals surface area contributed by atoms with Crippen LogP contribution in [0.4, 0.5) is 5.69 Å². The number of aromatic nitrogens is 2. The highest BCUT2D eigenvalue weighted by Crippen LogP contribution is 2.36. The molecule has 1 aromatic heterocycles. The van der Waals surface area contributed by atoms with Gasteiger partial charge < -0.3 is 15.1 Å². The number of aryl methyl sites for hydroxylation is 1. The van der Waals surface area contributed by atoms with E-state index >= 15 is 0 Å². The van der Waals surface area contributed by atoms with Gasteiger partial charge in [-0.15, -0.1) is 0 Å². The van der Waals surface area contributed by atoms with E-state index in [0.717, 1.165) is 87.1 Å². The third-order valence-corrected chi connectivity index (χ3v) is 9.36. The highest BCUT2D eigenvalue weighted by atomic mass is 35.5. The van der Waals surface area contributed by atoms with Gasteiger partial charge in [-0.2, -0.15) is 0 Å². The topological polar surface area (TPSA) is 97.9 Å². The molecule has 40 heavy (non-hydrogen) atoms. The van der Waals surface area contributed by atoms with Crippen molar-refractivity contribution in [2.24, 2.45) is 13.0 Å². The van der Waals surface area contributed by atoms with Gasteiger partial charge in [0.2, 0.25) is 0 Å². The number of hydrogen-bond acceptors (Lipinski definition) is 5. The molecule has 9 heteroatoms. The summed E-state index contributed by atoms with van der Waals surface area (Å²) in [6, 6.07) is 11.8. The van der Waals surface area contributed by atoms with Gasteiger partial charge in [0.1, 0.15) is 6.04 Å². The van der Waals surface area contributed by atoms with E-state index in [1.54, 1.807) is 0 Å². The molecule has 1 unspecified atom stereocenters. The maximum absolute atomic E-state index is 13.4. The Balaban J connectivity index is 1.24. The Hall–Kier alpha value is -2.75. The number of fused-ring (bicyclic) bond motifs is 1. The molecular weight excluding hydrogens is 526 g/mol. The summed E-state index contributed by atoms with van der Waals surface area (Å²) in [5.41, 5.74) is 7.09. The van der Waals surface area contributed by atoms with E-state index in [4.69, 9.17) is 16.6 Å². The Kier molecular flexibility index (Phi) is 8.92. The van der Waals surface area contributed by atoms with Crippen LogP contribution in [0.1, 0.15) is 72.2 Å². The first-order valence-electron chi connectivity index (χ1n) is 14.4. The molecule has 0 radical (unpaired) electrons. The summed E-state index contributed by atoms with van der Waals surface area (Å²) in [6.07, 6.45) is 6.46. The van der Waals surface area contributed by atoms with Crippen LogP contribution in [0.15, 0.2) is 36.4 Å². The molecule has 3 aromatic rings. The zero-order valence-electron chi connectivity index (χ0n) is 23.7. The van der Waals surface area contributed by atoms with Crippen molar-refractivity contribution in [3.63, 3.8) is 0 Å². The summed E-state index contributed by atoms with van der Waals surface area (Å²) < 4.78 is 1.92. The first kappa shape index (κ1) is 28.8. The summed E-state index contributed by atoms with van der Waals surface area (Å²) in [5.74, 6) is 0.719. The largest absolute Gasteiger partial charge is 0.600 e. The second kappa shape index (κ2) is 12.4. The molecule has 2 heterocycles. The lowest BCUT2D eigenvalue weighted by Gasteiger charge is -2.33. The molecule has 1 saturated carbocycles. The van der Waals surface area contributed by atoms with Gasteiger partial charge in [0, 0.05) is 50.7 Å². The first-order valence-corrected chi connectivity index (χ1v) is 14.8. The van der Waals surface area contributed by atoms with Crippen molar-refractivity contribution in [2.75, 3.05) is 18.4 Å². The third-order valence-electron chi connectivity index (χ3n) is 8.95. The molecule has 0 bridgehead atoms. The van der Waals surface area contributed by atoms with E-state index in [-0.39, 0.29) is 11.9 Å². The van der Waals surface area contributed by atoms with Crippen molar-refractivity contribution in [1.82, 2.24) is 14.5 Å². The second-order valence-electron chi connectivity index (χ2n) is 11.3. The summed E-state index contributed by atoms with van der Waals surface area (Å²) in [4.78, 5) is 20.6. The van der Waals surface area contributed by atoms with Crippen molar-refractivity contribution >= 4 is 23.2 Å². The van der Waals surface area contributed by atoms with Crippen LogP contribution in [0.3, 0.4) is 0 Å². The van der Waals surface area contributed by atoms with Crippen LogP contribution in [0, 0.1) is 18.0 Å². The molecular formula is C31H40ClN5O3. The molecule has 0 spiro atoms. The Bertz CT molecular complexity index is 1360. The van der Waals surface area contributed by atoms with Crippen molar-refractivity contribution in [3.8, 4) is 11.1 Å². The minimum atomic E-state index is -0.649. The standard InChI is InChI=1S/C31H40ClN5O3/c1-4-22-7-5-8-24(20(22)2)25-9-6-10-26(29(25)32)34-31(38)30-33-27-19-36(18-16-28(27)35(30)3)17-15-21-11-13-23(14-12-21)37(39)40/h5-10,21,23,37,39H,4,11-19H2,1-3H3,(H,34,38). The Morgan fingerprint density at radius 3 is 2.62 bits per heavy atom. The number of nitrogens with zero attached hydrogens (tertiary/aromatic N) is 3. The number of benzene rings is 2. The predicted molar refractivity (Wildman–Crippen MR) is 158 cm³/mol. The fourth-order valence-electron chi connectivity index (χ4n) is 6.41. The molecule has 8 nitrogen and oxygen atoms in total. The van der Waals surface area contributed by atoms with Gasteiger partial charge in [-0.3, -0.25) is 9.69 Å². The third kappa shape index (κ3) is 5.97. The SMILES string of the molecule is CCc1cccc(-c2cccc(NC(=O)c3nc4c(n3C)CCN(CCC3CCC([NH+]([O-])O)CC3)C4)c2Cl)c1C. The second-order valence-corrected chi connectivity index (χ2v) is 11.7. The molecule has 1 aliphatic carbocycles. The number of nitrogens with one attached hydrogen (secondary N) is 2. The zero-order chi connectivity index (χ0) is 28.4. The fraction of sp³-hybridized carbons (Fsp3) is 0.484. The average Bonchev–Trinajstić information content (AvgIpc) is 3.29. The number of quaternary nitrogens is 1. The van der Waals surface area contributed by atoms with Gasteiger partial charge in [0.25, 0.3) is 5.91 Å². The summed E-state index contributed by atoms with van der Waals surface area (Å²) in [7, 11) is 1.91. The van der Waals surface area contributed by atoms with Crippen molar-refractivity contribution < 1.29 is 15.2 Å². The average molecular weight is 566 g/mol. The Morgan fingerprint density at radius 1 is 1.18 bits per heavy atom. The number of halogens is 1. The number of carbonyl (C=O) groups is 1. The van der Waals surface area contributed by atoms with Crippen LogP contribution < -0.4 is 10.5 Å². The molecule has 3 N–H and O–H groups in total. The van der Waals surface area contributed by atoms with Gasteiger partial charge in [0.05, 0.1) is 16.4 Å². The number of hydrogen-bond donors (Lipinski definition) is 3. The molecule has 5 rings (SSSR count). The molecule has 1 amide bonds. The summed E-state index contributed by atoms with van der Waals surface area (Å²) >= 11 is 6.85. The monoisotopic (exact) mass is 565 g/mol. The van der Waals surface area contributed by atoms with E-state index in [0.29, 0.717) is 22.5 Å². The van der Waals surface area contributed by atoms with Gasteiger partial charge in [-0.25, -0.2) is 15.4 Å². The van der Waals surface area contributed by atoms with Crippen LogP contribution in [-0.4, -0.2) is 44.7 Å². The van der Waals surface area contributed by atoms with E-state index < -0.39 is 5.23 Å². The molecule has 1 aliphatic heterocycles. The van der Waals surface area contributed by atoms with Gasteiger partial charge in [-0.05, 0) is 67.8 Å². The zero-order valence-corrected chi connectivity index (χ0v) is 24.4. The molecule has 214 valence electrons. The van der Waals surface area contributed by atoms with E-state index in [1.165, 1.54) is 11.1 Å². The van der Waals surface area contributed by atoms with E-state index in [1.807, 2.05) is 35.9 Å². The maximum Gasteiger partial charge on any atom is 0.291 e. The quantitative estimate of drug-likeness (QED) is 0.336. The van der Waals surface area contributed by atoms with Crippen molar-refractivity contribution in [2.45, 2.75) is 71.4 Å². The number of carbonyl (C=O) groups excluding carboxylic acids is 1. The Labute approximate surface area is 241 Å². The minimum Gasteiger partial charge on any atom is -0.600 e. The number of rotatable bonds is 8. The first-order chi connectivity index (χ1) is 19.3. The molecule has 1 atom stereocenters. The van der Waals surface area contributed by atoms with Crippen molar-refractivity contribution in [3.05, 3.63) is 75.0 Å². The van der Waals surface area contributed by atoms with E-state index in [9.17, 15) is 15.2 Å². The van der Waals surface area contributed by atoms with E-state index in [2.05, 4.69) is 36.2 Å². The summed E-state index contributed by atoms with van der Waals surface area (Å²) in [6.45, 7) is 6.89. The number of imidazole rings is 1. The van der Waals surface area contributed by atoms with Gasteiger partial charge >= 0.3 is 0 Å². The summed E-state index contributed by atoms with van der Waals surface area (Å²) in [5, 5.41) is 23.4. The highest BCUT2D eigenvalue weighted by molar-refractivity contribution is 6.36. The van der Waals surface area contributed by atoms with Crippen molar-refractivity contribution in [1.29, 1.82) is 0 Å². The fourth-order valence-corrected chi connectivity index (χ4v) is 6.69. The van der Waals surface area contributed by atoms with Crippen LogP contribution in [0.2, 0.25) is 5.02 Å². The maximum atomic E-state index is 13.4. The number of amides is 1. The van der Waals surface area contributed by atoms with Gasteiger partial charge in [-0.1, -0.05) is 48.9 Å². The number of hydroxylamine groups is 2. The highest BCUT2D eigenvalue weighted by Gasteiger charge is 2.28. The van der Waals surface area contributed by atoms with Crippen LogP contribution in [-0.2, 0) is 26.4 Å². The van der Waals surface area contributed by atoms with Crippen LogP contribution >= 0.6 is 11.6 Å². The van der Waals surface area contributed by atoms with Gasteiger partial charge in [0.15, 0.2) is 5.82 Å². The normalized spacial score (nSPS) is 20.2. The lowest BCUT2D eigenvalue weighted by Crippen LogP contribution is -3.09. The molecule has 2 aliphatic rings. The van der Waals surface area contributed by atoms with Crippen LogP contribution in [0.25, 0.3) is 11.1 Å². The lowest BCUT2D eigenvalue weighted by atomic mass is 9.84. The van der Waals surface area contributed by atoms with Crippen LogP contribution in [0.5, 0.6) is 0 Å². The molecule has 0 saturated heterocycles. The lowest BCUT2D eigenvalue weighted by molar-refractivity contribution is -1.07. The predicted octanol–water partition coefficient (Wildman–Crippen LogP) is 4.94.